The molecule has 1 aromatic carbocycles. The van der Waals surface area contributed by atoms with Crippen molar-refractivity contribution in [2.24, 2.45) is 0 Å². The van der Waals surface area contributed by atoms with Gasteiger partial charge in [0.05, 0.1) is 5.69 Å². The quantitative estimate of drug-likeness (QED) is 0.846. The summed E-state index contributed by atoms with van der Waals surface area (Å²) >= 11 is 0. The summed E-state index contributed by atoms with van der Waals surface area (Å²) < 4.78 is 41.0. The molecule has 2 rings (SSSR count). The van der Waals surface area contributed by atoms with Gasteiger partial charge in [-0.25, -0.2) is 9.67 Å². The van der Waals surface area contributed by atoms with Gasteiger partial charge in [0.25, 0.3) is 0 Å². The van der Waals surface area contributed by atoms with E-state index in [0.717, 1.165) is 0 Å². The van der Waals surface area contributed by atoms with Crippen LogP contribution in [0.1, 0.15) is 5.82 Å². The van der Waals surface area contributed by atoms with Crippen LogP contribution in [0.4, 0.5) is 13.2 Å². The Hall–Kier alpha value is -2.31. The summed E-state index contributed by atoms with van der Waals surface area (Å²) in [5, 5.41) is 4.03. The molecule has 0 aliphatic rings. The topological polar surface area (TPSA) is 39.9 Å². The van der Waals surface area contributed by atoms with Gasteiger partial charge in [-0.1, -0.05) is 6.58 Å². The average molecular weight is 255 g/mol. The van der Waals surface area contributed by atoms with Crippen molar-refractivity contribution in [3.8, 4) is 11.4 Å². The van der Waals surface area contributed by atoms with Crippen LogP contribution >= 0.6 is 0 Å². The van der Waals surface area contributed by atoms with E-state index in [1.165, 1.54) is 41.4 Å². The lowest BCUT2D eigenvalue weighted by atomic mass is 10.3. The number of hydrogen-bond donors (Lipinski definition) is 0. The normalized spacial score (nSPS) is 11.3. The first-order valence-corrected chi connectivity index (χ1v) is 4.88. The molecule has 0 atom stereocenters. The number of aromatic nitrogens is 3. The molecule has 0 radical (unpaired) electrons. The third-order valence-corrected chi connectivity index (χ3v) is 2.03. The van der Waals surface area contributed by atoms with E-state index >= 15 is 0 Å². The molecule has 0 aliphatic heterocycles. The predicted octanol–water partition coefficient (Wildman–Crippen LogP) is 2.81. The van der Waals surface area contributed by atoms with Crippen LogP contribution in [0, 0.1) is 0 Å². The largest absolute Gasteiger partial charge is 0.573 e. The number of benzene rings is 1. The van der Waals surface area contributed by atoms with Crippen LogP contribution < -0.4 is 4.74 Å². The van der Waals surface area contributed by atoms with E-state index < -0.39 is 6.36 Å². The lowest BCUT2D eigenvalue weighted by molar-refractivity contribution is -0.274. The highest BCUT2D eigenvalue weighted by Crippen LogP contribution is 2.23. The van der Waals surface area contributed by atoms with Gasteiger partial charge in [-0.3, -0.25) is 0 Å². The average Bonchev–Trinajstić information content (AvgIpc) is 2.76. The fourth-order valence-corrected chi connectivity index (χ4v) is 1.29. The Morgan fingerprint density at radius 1 is 1.22 bits per heavy atom. The van der Waals surface area contributed by atoms with Crippen LogP contribution in [0.15, 0.2) is 37.2 Å². The first-order chi connectivity index (χ1) is 8.48. The number of halogens is 3. The lowest BCUT2D eigenvalue weighted by Crippen LogP contribution is -2.17. The Kier molecular flexibility index (Phi) is 3.05. The van der Waals surface area contributed by atoms with Crippen LogP contribution in [-0.2, 0) is 0 Å². The van der Waals surface area contributed by atoms with Gasteiger partial charge in [-0.15, -0.1) is 18.3 Å². The van der Waals surface area contributed by atoms with Gasteiger partial charge in [0, 0.05) is 0 Å². The third-order valence-electron chi connectivity index (χ3n) is 2.03. The molecule has 2 aromatic rings. The first-order valence-electron chi connectivity index (χ1n) is 4.88. The molecule has 18 heavy (non-hydrogen) atoms. The maximum atomic E-state index is 12.0. The zero-order valence-electron chi connectivity index (χ0n) is 9.05. The zero-order chi connectivity index (χ0) is 13.2. The van der Waals surface area contributed by atoms with Gasteiger partial charge in [0.15, 0.2) is 5.82 Å². The highest BCUT2D eigenvalue weighted by molar-refractivity contribution is 5.39. The number of hydrogen-bond acceptors (Lipinski definition) is 3. The van der Waals surface area contributed by atoms with E-state index in [9.17, 15) is 13.2 Å². The third kappa shape index (κ3) is 2.88. The highest BCUT2D eigenvalue weighted by Gasteiger charge is 2.30. The van der Waals surface area contributed by atoms with E-state index in [1.807, 2.05) is 0 Å². The van der Waals surface area contributed by atoms with Crippen molar-refractivity contribution >= 4 is 6.08 Å². The number of rotatable bonds is 3. The Morgan fingerprint density at radius 3 is 2.39 bits per heavy atom. The molecular weight excluding hydrogens is 247 g/mol. The molecule has 0 saturated carbocycles. The summed E-state index contributed by atoms with van der Waals surface area (Å²) in [4.78, 5) is 3.92. The summed E-state index contributed by atoms with van der Waals surface area (Å²) in [6.07, 6.45) is -1.78. The summed E-state index contributed by atoms with van der Waals surface area (Å²) in [5.74, 6) is 0.154. The minimum absolute atomic E-state index is 0.282. The summed E-state index contributed by atoms with van der Waals surface area (Å²) in [6, 6.07) is 5.31. The molecule has 0 bridgehead atoms. The smallest absolute Gasteiger partial charge is 0.406 e. The second-order valence-corrected chi connectivity index (χ2v) is 3.29. The molecular formula is C11H8F3N3O. The zero-order valence-corrected chi connectivity index (χ0v) is 9.05. The molecule has 1 aromatic heterocycles. The molecule has 0 N–H and O–H groups in total. The van der Waals surface area contributed by atoms with Crippen molar-refractivity contribution < 1.29 is 17.9 Å². The minimum Gasteiger partial charge on any atom is -0.406 e. The number of nitrogens with zero attached hydrogens (tertiary/aromatic N) is 3. The van der Waals surface area contributed by atoms with Crippen molar-refractivity contribution in [2.75, 3.05) is 0 Å². The second kappa shape index (κ2) is 4.52. The maximum absolute atomic E-state index is 12.0. The summed E-state index contributed by atoms with van der Waals surface area (Å²) in [5.41, 5.74) is 0.574. The van der Waals surface area contributed by atoms with Gasteiger partial charge in [-0.05, 0) is 30.3 Å². The molecule has 0 amide bonds. The molecule has 0 fully saturated rings. The number of alkyl halides is 3. The van der Waals surface area contributed by atoms with Gasteiger partial charge < -0.3 is 4.74 Å². The lowest BCUT2D eigenvalue weighted by Gasteiger charge is -2.08. The van der Waals surface area contributed by atoms with Gasteiger partial charge >= 0.3 is 6.36 Å². The van der Waals surface area contributed by atoms with Crippen LogP contribution in [0.2, 0.25) is 0 Å². The maximum Gasteiger partial charge on any atom is 0.573 e. The minimum atomic E-state index is -4.69. The molecule has 0 aliphatic carbocycles. The SMILES string of the molecule is C=Cc1ncn(-c2ccc(OC(F)(F)F)cc2)n1. The molecule has 94 valence electrons. The van der Waals surface area contributed by atoms with Crippen LogP contribution in [0.5, 0.6) is 5.75 Å². The summed E-state index contributed by atoms with van der Waals surface area (Å²) in [6.45, 7) is 3.51. The van der Waals surface area contributed by atoms with E-state index in [4.69, 9.17) is 0 Å². The Bertz CT molecular complexity index is 545. The van der Waals surface area contributed by atoms with Crippen molar-refractivity contribution in [1.29, 1.82) is 0 Å². The fraction of sp³-hybridized carbons (Fsp3) is 0.0909. The van der Waals surface area contributed by atoms with Crippen LogP contribution in [0.3, 0.4) is 0 Å². The standard InChI is InChI=1S/C11H8F3N3O/c1-2-10-15-7-17(16-10)8-3-5-9(6-4-8)18-11(12,13)14/h2-7H,1H2. The second-order valence-electron chi connectivity index (χ2n) is 3.29. The van der Waals surface area contributed by atoms with Gasteiger partial charge in [0.1, 0.15) is 12.1 Å². The van der Waals surface area contributed by atoms with Crippen LogP contribution in [0.25, 0.3) is 11.8 Å². The van der Waals surface area contributed by atoms with Crippen LogP contribution in [-0.4, -0.2) is 21.1 Å². The molecule has 0 saturated heterocycles. The van der Waals surface area contributed by atoms with Crippen molar-refractivity contribution in [2.45, 2.75) is 6.36 Å². The van der Waals surface area contributed by atoms with E-state index in [0.29, 0.717) is 11.5 Å². The van der Waals surface area contributed by atoms with Crippen molar-refractivity contribution in [1.82, 2.24) is 14.8 Å². The molecule has 1 heterocycles. The van der Waals surface area contributed by atoms with E-state index in [-0.39, 0.29) is 5.75 Å². The fourth-order valence-electron chi connectivity index (χ4n) is 1.29. The Morgan fingerprint density at radius 2 is 1.89 bits per heavy atom. The molecule has 0 unspecified atom stereocenters. The summed E-state index contributed by atoms with van der Waals surface area (Å²) in [7, 11) is 0. The predicted molar refractivity (Wildman–Crippen MR) is 58.1 cm³/mol. The van der Waals surface area contributed by atoms with E-state index in [1.54, 1.807) is 0 Å². The van der Waals surface area contributed by atoms with E-state index in [2.05, 4.69) is 21.4 Å². The van der Waals surface area contributed by atoms with Crippen molar-refractivity contribution in [3.63, 3.8) is 0 Å². The van der Waals surface area contributed by atoms with Gasteiger partial charge in [0.2, 0.25) is 0 Å². The molecule has 4 nitrogen and oxygen atoms in total. The number of ether oxygens (including phenoxy) is 1. The Balaban J connectivity index is 2.19. The Labute approximate surface area is 100 Å². The molecule has 0 spiro atoms. The monoisotopic (exact) mass is 255 g/mol. The van der Waals surface area contributed by atoms with Crippen molar-refractivity contribution in [3.05, 3.63) is 43.0 Å². The highest BCUT2D eigenvalue weighted by atomic mass is 19.4. The molecule has 7 heteroatoms. The first kappa shape index (κ1) is 12.2. The van der Waals surface area contributed by atoms with Gasteiger partial charge in [-0.2, -0.15) is 0 Å².